The van der Waals surface area contributed by atoms with Gasteiger partial charge in [-0.25, -0.2) is 0 Å². The highest BCUT2D eigenvalue weighted by Gasteiger charge is 2.18. The lowest BCUT2D eigenvalue weighted by atomic mass is 10.0. The van der Waals surface area contributed by atoms with Gasteiger partial charge in [-0.2, -0.15) is 0 Å². The molecule has 0 aromatic heterocycles. The van der Waals surface area contributed by atoms with Gasteiger partial charge in [0.15, 0.2) is 17.3 Å². The van der Waals surface area contributed by atoms with Crippen molar-refractivity contribution in [2.45, 2.75) is 13.3 Å². The molecule has 1 rings (SSSR count). The fourth-order valence-corrected chi connectivity index (χ4v) is 1.63. The van der Waals surface area contributed by atoms with Gasteiger partial charge in [-0.1, -0.05) is 6.07 Å². The normalized spacial score (nSPS) is 10.0. The number of hydrogen-bond acceptors (Lipinski definition) is 4. The lowest BCUT2D eigenvalue weighted by Gasteiger charge is -2.13. The molecule has 88 valence electrons. The van der Waals surface area contributed by atoms with E-state index in [0.29, 0.717) is 30.0 Å². The number of ether oxygens (including phenoxy) is 2. The highest BCUT2D eigenvalue weighted by Crippen LogP contribution is 2.33. The molecule has 0 amide bonds. The Morgan fingerprint density at radius 1 is 1.31 bits per heavy atom. The van der Waals surface area contributed by atoms with E-state index in [-0.39, 0.29) is 5.78 Å². The quantitative estimate of drug-likeness (QED) is 0.769. The van der Waals surface area contributed by atoms with Crippen LogP contribution in [0.15, 0.2) is 12.1 Å². The molecular weight excluding hydrogens is 206 g/mol. The number of methoxy groups -OCH3 is 2. The fourth-order valence-electron chi connectivity index (χ4n) is 1.63. The van der Waals surface area contributed by atoms with Crippen LogP contribution in [0.5, 0.6) is 11.5 Å². The van der Waals surface area contributed by atoms with Crippen molar-refractivity contribution in [3.63, 3.8) is 0 Å². The number of hydrogen-bond donors (Lipinski definition) is 1. The second-order valence-corrected chi connectivity index (χ2v) is 3.45. The minimum Gasteiger partial charge on any atom is -0.493 e. The summed E-state index contributed by atoms with van der Waals surface area (Å²) in [5, 5.41) is 0. The van der Waals surface area contributed by atoms with Gasteiger partial charge in [-0.15, -0.1) is 0 Å². The summed E-state index contributed by atoms with van der Waals surface area (Å²) in [4.78, 5) is 11.9. The first kappa shape index (κ1) is 12.5. The summed E-state index contributed by atoms with van der Waals surface area (Å²) in [6.07, 6.45) is 0.310. The molecule has 0 aliphatic carbocycles. The maximum Gasteiger partial charge on any atom is 0.171 e. The number of aryl methyl sites for hydroxylation is 1. The third-order valence-electron chi connectivity index (χ3n) is 2.40. The monoisotopic (exact) mass is 223 g/mol. The summed E-state index contributed by atoms with van der Waals surface area (Å²) in [5.74, 6) is 1.03. The van der Waals surface area contributed by atoms with Gasteiger partial charge >= 0.3 is 0 Å². The fraction of sp³-hybridized carbons (Fsp3) is 0.417. The van der Waals surface area contributed by atoms with Crippen molar-refractivity contribution in [2.24, 2.45) is 5.73 Å². The Balaban J connectivity index is 3.28. The van der Waals surface area contributed by atoms with Crippen molar-refractivity contribution in [3.8, 4) is 11.5 Å². The van der Waals surface area contributed by atoms with Crippen molar-refractivity contribution in [3.05, 3.63) is 23.3 Å². The molecule has 0 saturated carbocycles. The predicted octanol–water partition coefficient (Wildman–Crippen LogP) is 1.54. The van der Waals surface area contributed by atoms with Crippen molar-refractivity contribution in [1.29, 1.82) is 0 Å². The van der Waals surface area contributed by atoms with Gasteiger partial charge in [-0.3, -0.25) is 4.79 Å². The second-order valence-electron chi connectivity index (χ2n) is 3.45. The molecule has 0 bridgehead atoms. The summed E-state index contributed by atoms with van der Waals surface area (Å²) < 4.78 is 10.4. The van der Waals surface area contributed by atoms with Gasteiger partial charge in [-0.05, 0) is 25.1 Å². The number of nitrogens with two attached hydrogens (primary N) is 1. The molecule has 16 heavy (non-hydrogen) atoms. The van der Waals surface area contributed by atoms with Crippen molar-refractivity contribution < 1.29 is 14.3 Å². The number of benzene rings is 1. The van der Waals surface area contributed by atoms with Gasteiger partial charge < -0.3 is 15.2 Å². The van der Waals surface area contributed by atoms with E-state index < -0.39 is 0 Å². The number of rotatable bonds is 5. The molecular formula is C12H17NO3. The highest BCUT2D eigenvalue weighted by molar-refractivity contribution is 6.01. The molecule has 0 aliphatic rings. The molecule has 0 saturated heterocycles. The van der Waals surface area contributed by atoms with E-state index in [1.165, 1.54) is 7.11 Å². The van der Waals surface area contributed by atoms with Crippen molar-refractivity contribution >= 4 is 5.78 Å². The molecule has 0 atom stereocenters. The molecule has 4 heteroatoms. The van der Waals surface area contributed by atoms with Crippen LogP contribution in [-0.4, -0.2) is 26.5 Å². The third kappa shape index (κ3) is 2.33. The molecule has 0 heterocycles. The standard InChI is InChI=1S/C12H17NO3/c1-8-4-5-10(15-2)12(16-3)11(8)9(14)6-7-13/h4-5H,6-7,13H2,1-3H3. The molecule has 0 fully saturated rings. The summed E-state index contributed by atoms with van der Waals surface area (Å²) >= 11 is 0. The minimum atomic E-state index is -0.0178. The average molecular weight is 223 g/mol. The number of Topliss-reactive ketones (excluding diaryl/α,β-unsaturated/α-hetero) is 1. The Kier molecular flexibility index (Phi) is 4.31. The first-order valence-electron chi connectivity index (χ1n) is 5.10. The second kappa shape index (κ2) is 5.51. The first-order valence-corrected chi connectivity index (χ1v) is 5.10. The Morgan fingerprint density at radius 3 is 2.50 bits per heavy atom. The summed E-state index contributed by atoms with van der Waals surface area (Å²) in [6.45, 7) is 2.20. The number of carbonyl (C=O) groups excluding carboxylic acids is 1. The van der Waals surface area contributed by atoms with Gasteiger partial charge in [0, 0.05) is 6.42 Å². The van der Waals surface area contributed by atoms with E-state index in [1.54, 1.807) is 13.2 Å². The smallest absolute Gasteiger partial charge is 0.171 e. The molecule has 2 N–H and O–H groups in total. The van der Waals surface area contributed by atoms with Gasteiger partial charge in [0.05, 0.1) is 19.8 Å². The van der Waals surface area contributed by atoms with Crippen LogP contribution in [0.1, 0.15) is 22.3 Å². The number of ketones is 1. The largest absolute Gasteiger partial charge is 0.493 e. The van der Waals surface area contributed by atoms with E-state index in [9.17, 15) is 4.79 Å². The molecule has 4 nitrogen and oxygen atoms in total. The Morgan fingerprint density at radius 2 is 2.00 bits per heavy atom. The van der Waals surface area contributed by atoms with Crippen LogP contribution < -0.4 is 15.2 Å². The zero-order valence-corrected chi connectivity index (χ0v) is 9.87. The van der Waals surface area contributed by atoms with E-state index in [2.05, 4.69) is 0 Å². The van der Waals surface area contributed by atoms with Gasteiger partial charge in [0.25, 0.3) is 0 Å². The van der Waals surface area contributed by atoms with Crippen LogP contribution in [0.2, 0.25) is 0 Å². The first-order chi connectivity index (χ1) is 7.65. The Bertz CT molecular complexity index is 388. The molecule has 1 aromatic carbocycles. The Labute approximate surface area is 95.3 Å². The molecule has 0 radical (unpaired) electrons. The van der Waals surface area contributed by atoms with Gasteiger partial charge in [0.2, 0.25) is 0 Å². The SMILES string of the molecule is COc1ccc(C)c(C(=O)CCN)c1OC. The molecule has 0 spiro atoms. The summed E-state index contributed by atoms with van der Waals surface area (Å²) in [5.41, 5.74) is 6.82. The third-order valence-corrected chi connectivity index (χ3v) is 2.40. The predicted molar refractivity (Wildman–Crippen MR) is 62.3 cm³/mol. The van der Waals surface area contributed by atoms with E-state index >= 15 is 0 Å². The van der Waals surface area contributed by atoms with Crippen LogP contribution in [-0.2, 0) is 0 Å². The van der Waals surface area contributed by atoms with E-state index in [4.69, 9.17) is 15.2 Å². The summed E-state index contributed by atoms with van der Waals surface area (Å²) in [6, 6.07) is 3.62. The number of carbonyl (C=O) groups is 1. The van der Waals surface area contributed by atoms with Crippen molar-refractivity contribution in [1.82, 2.24) is 0 Å². The lowest BCUT2D eigenvalue weighted by Crippen LogP contribution is -2.11. The average Bonchev–Trinajstić information content (AvgIpc) is 2.28. The maximum atomic E-state index is 11.9. The maximum absolute atomic E-state index is 11.9. The van der Waals surface area contributed by atoms with Crippen molar-refractivity contribution in [2.75, 3.05) is 20.8 Å². The molecule has 0 unspecified atom stereocenters. The van der Waals surface area contributed by atoms with Crippen LogP contribution in [0.3, 0.4) is 0 Å². The van der Waals surface area contributed by atoms with Crippen LogP contribution >= 0.6 is 0 Å². The molecule has 0 aliphatic heterocycles. The lowest BCUT2D eigenvalue weighted by molar-refractivity contribution is 0.0981. The van der Waals surface area contributed by atoms with Crippen LogP contribution in [0.25, 0.3) is 0 Å². The zero-order chi connectivity index (χ0) is 12.1. The Hall–Kier alpha value is -1.55. The van der Waals surface area contributed by atoms with Gasteiger partial charge in [0.1, 0.15) is 0 Å². The van der Waals surface area contributed by atoms with E-state index in [1.807, 2.05) is 13.0 Å². The van der Waals surface area contributed by atoms with Crippen LogP contribution in [0.4, 0.5) is 0 Å². The van der Waals surface area contributed by atoms with Crippen LogP contribution in [0, 0.1) is 6.92 Å². The molecule has 1 aromatic rings. The zero-order valence-electron chi connectivity index (χ0n) is 9.87. The highest BCUT2D eigenvalue weighted by atomic mass is 16.5. The topological polar surface area (TPSA) is 61.5 Å². The summed E-state index contributed by atoms with van der Waals surface area (Å²) in [7, 11) is 3.07. The minimum absolute atomic E-state index is 0.0178. The van der Waals surface area contributed by atoms with E-state index in [0.717, 1.165) is 5.56 Å².